The molecular weight excluding hydrogens is 284 g/mol. The summed E-state index contributed by atoms with van der Waals surface area (Å²) in [5, 5.41) is 13.2. The maximum atomic E-state index is 12.1. The first-order valence-corrected chi connectivity index (χ1v) is 6.48. The largest absolute Gasteiger partial charge is 0.508 e. The quantitative estimate of drug-likeness (QED) is 0.655. The summed E-state index contributed by atoms with van der Waals surface area (Å²) >= 11 is 0. The second kappa shape index (κ2) is 7.12. The number of ether oxygens (including phenoxy) is 2. The molecule has 0 saturated heterocycles. The number of hydrogen-bond acceptors (Lipinski definition) is 5. The molecule has 2 rings (SSSR count). The zero-order valence-electron chi connectivity index (χ0n) is 12.2. The number of phenolic OH excluding ortho intramolecular Hbond substituents is 1. The minimum Gasteiger partial charge on any atom is -0.508 e. The maximum Gasteiger partial charge on any atom is 0.271 e. The van der Waals surface area contributed by atoms with Gasteiger partial charge in [-0.1, -0.05) is 12.1 Å². The Morgan fingerprint density at radius 1 is 1.14 bits per heavy atom. The zero-order valence-corrected chi connectivity index (χ0v) is 12.2. The Morgan fingerprint density at radius 2 is 1.82 bits per heavy atom. The third-order valence-corrected chi connectivity index (χ3v) is 2.86. The van der Waals surface area contributed by atoms with Crippen LogP contribution in [0.2, 0.25) is 0 Å². The van der Waals surface area contributed by atoms with Crippen LogP contribution in [-0.2, 0) is 0 Å². The lowest BCUT2D eigenvalue weighted by Gasteiger charge is -2.07. The highest BCUT2D eigenvalue weighted by Crippen LogP contribution is 2.22. The molecule has 0 saturated carbocycles. The van der Waals surface area contributed by atoms with Gasteiger partial charge in [0, 0.05) is 11.6 Å². The van der Waals surface area contributed by atoms with Gasteiger partial charge in [-0.3, -0.25) is 4.79 Å². The van der Waals surface area contributed by atoms with E-state index < -0.39 is 5.91 Å². The lowest BCUT2D eigenvalue weighted by atomic mass is 10.2. The Morgan fingerprint density at radius 3 is 2.41 bits per heavy atom. The number of hydrogen-bond donors (Lipinski definition) is 2. The molecule has 0 aliphatic carbocycles. The van der Waals surface area contributed by atoms with E-state index in [1.54, 1.807) is 36.4 Å². The predicted molar refractivity (Wildman–Crippen MR) is 82.7 cm³/mol. The molecule has 0 aliphatic heterocycles. The van der Waals surface area contributed by atoms with Crippen LogP contribution in [0.5, 0.6) is 17.2 Å². The summed E-state index contributed by atoms with van der Waals surface area (Å²) in [5.74, 6) is 0.768. The van der Waals surface area contributed by atoms with Gasteiger partial charge < -0.3 is 14.6 Å². The fourth-order valence-electron chi connectivity index (χ4n) is 1.77. The van der Waals surface area contributed by atoms with Crippen LogP contribution in [0.1, 0.15) is 15.9 Å². The van der Waals surface area contributed by atoms with Gasteiger partial charge in [0.15, 0.2) is 0 Å². The van der Waals surface area contributed by atoms with Gasteiger partial charge in [0.25, 0.3) is 5.91 Å². The number of nitrogens with one attached hydrogen (secondary N) is 1. The van der Waals surface area contributed by atoms with Crippen LogP contribution in [0.3, 0.4) is 0 Å². The lowest BCUT2D eigenvalue weighted by molar-refractivity contribution is 0.0954. The summed E-state index contributed by atoms with van der Waals surface area (Å²) in [6.07, 6.45) is 1.44. The summed E-state index contributed by atoms with van der Waals surface area (Å²) in [5.41, 5.74) is 3.44. The molecule has 0 aliphatic rings. The second-order valence-corrected chi connectivity index (χ2v) is 4.40. The van der Waals surface area contributed by atoms with E-state index in [0.717, 1.165) is 0 Å². The van der Waals surface area contributed by atoms with Crippen molar-refractivity contribution in [1.29, 1.82) is 0 Å². The zero-order chi connectivity index (χ0) is 15.9. The number of methoxy groups -OCH3 is 2. The molecule has 0 bridgehead atoms. The minimum absolute atomic E-state index is 0.132. The van der Waals surface area contributed by atoms with E-state index in [-0.39, 0.29) is 5.75 Å². The Bertz CT molecular complexity index is 676. The number of carbonyl (C=O) groups excluding carboxylic acids is 1. The summed E-state index contributed by atoms with van der Waals surface area (Å²) in [6, 6.07) is 11.4. The van der Waals surface area contributed by atoms with Crippen LogP contribution in [0.15, 0.2) is 47.6 Å². The molecule has 2 N–H and O–H groups in total. The van der Waals surface area contributed by atoms with E-state index in [4.69, 9.17) is 9.47 Å². The van der Waals surface area contributed by atoms with E-state index in [1.807, 2.05) is 0 Å². The standard InChI is InChI=1S/C16H16N2O4/c1-21-14-7-12(8-15(9-14)22-2)16(20)18-17-10-11-4-3-5-13(19)6-11/h3-10,19H,1-2H3,(H,18,20)/b17-10-. The monoisotopic (exact) mass is 300 g/mol. The molecule has 114 valence electrons. The van der Waals surface area contributed by atoms with Crippen molar-refractivity contribution in [2.75, 3.05) is 14.2 Å². The van der Waals surface area contributed by atoms with Gasteiger partial charge in [-0.25, -0.2) is 5.43 Å². The van der Waals surface area contributed by atoms with Crippen molar-refractivity contribution >= 4 is 12.1 Å². The molecule has 0 heterocycles. The van der Waals surface area contributed by atoms with E-state index in [0.29, 0.717) is 22.6 Å². The van der Waals surface area contributed by atoms with Crippen molar-refractivity contribution in [3.63, 3.8) is 0 Å². The Hall–Kier alpha value is -3.02. The van der Waals surface area contributed by atoms with Crippen LogP contribution >= 0.6 is 0 Å². The van der Waals surface area contributed by atoms with Crippen LogP contribution < -0.4 is 14.9 Å². The molecule has 22 heavy (non-hydrogen) atoms. The van der Waals surface area contributed by atoms with Crippen molar-refractivity contribution in [2.45, 2.75) is 0 Å². The Kier molecular flexibility index (Phi) is 4.98. The van der Waals surface area contributed by atoms with Crippen molar-refractivity contribution in [3.05, 3.63) is 53.6 Å². The van der Waals surface area contributed by atoms with E-state index in [2.05, 4.69) is 10.5 Å². The third kappa shape index (κ3) is 3.99. The molecule has 6 heteroatoms. The summed E-state index contributed by atoms with van der Waals surface area (Å²) in [6.45, 7) is 0. The molecule has 0 spiro atoms. The minimum atomic E-state index is -0.395. The van der Waals surface area contributed by atoms with Gasteiger partial charge in [0.1, 0.15) is 17.2 Å². The number of rotatable bonds is 5. The number of benzene rings is 2. The maximum absolute atomic E-state index is 12.1. The first-order valence-electron chi connectivity index (χ1n) is 6.48. The van der Waals surface area contributed by atoms with Gasteiger partial charge in [0.05, 0.1) is 20.4 Å². The molecular formula is C16H16N2O4. The van der Waals surface area contributed by atoms with Crippen LogP contribution in [0, 0.1) is 0 Å². The fraction of sp³-hybridized carbons (Fsp3) is 0.125. The van der Waals surface area contributed by atoms with Crippen molar-refractivity contribution in [2.24, 2.45) is 5.10 Å². The SMILES string of the molecule is COc1cc(OC)cc(C(=O)N/N=C\c2cccc(O)c2)c1. The topological polar surface area (TPSA) is 80.2 Å². The average Bonchev–Trinajstić information content (AvgIpc) is 2.54. The van der Waals surface area contributed by atoms with Crippen molar-refractivity contribution in [3.8, 4) is 17.2 Å². The number of phenols is 1. The Balaban J connectivity index is 2.09. The highest BCUT2D eigenvalue weighted by Gasteiger charge is 2.08. The molecule has 1 amide bonds. The average molecular weight is 300 g/mol. The Labute approximate surface area is 128 Å². The smallest absolute Gasteiger partial charge is 0.271 e. The van der Waals surface area contributed by atoms with E-state index in [1.165, 1.54) is 26.5 Å². The number of aromatic hydroxyl groups is 1. The molecule has 2 aromatic carbocycles. The number of amides is 1. The fourth-order valence-corrected chi connectivity index (χ4v) is 1.77. The molecule has 0 aromatic heterocycles. The molecule has 0 radical (unpaired) electrons. The van der Waals surface area contributed by atoms with Gasteiger partial charge in [-0.2, -0.15) is 5.10 Å². The second-order valence-electron chi connectivity index (χ2n) is 4.40. The molecule has 0 fully saturated rings. The molecule has 0 unspecified atom stereocenters. The highest BCUT2D eigenvalue weighted by atomic mass is 16.5. The molecule has 2 aromatic rings. The first-order chi connectivity index (χ1) is 10.6. The van der Waals surface area contributed by atoms with E-state index in [9.17, 15) is 9.90 Å². The first kappa shape index (κ1) is 15.4. The lowest BCUT2D eigenvalue weighted by Crippen LogP contribution is -2.17. The molecule has 6 nitrogen and oxygen atoms in total. The van der Waals surface area contributed by atoms with Gasteiger partial charge in [0.2, 0.25) is 0 Å². The van der Waals surface area contributed by atoms with Crippen molar-refractivity contribution in [1.82, 2.24) is 5.43 Å². The van der Waals surface area contributed by atoms with Crippen LogP contribution in [-0.4, -0.2) is 31.4 Å². The van der Waals surface area contributed by atoms with Crippen molar-refractivity contribution < 1.29 is 19.4 Å². The van der Waals surface area contributed by atoms with Crippen LogP contribution in [0.25, 0.3) is 0 Å². The predicted octanol–water partition coefficient (Wildman–Crippen LogP) is 2.17. The summed E-state index contributed by atoms with van der Waals surface area (Å²) in [7, 11) is 3.02. The normalized spacial score (nSPS) is 10.5. The number of carbonyl (C=O) groups is 1. The summed E-state index contributed by atoms with van der Waals surface area (Å²) < 4.78 is 10.2. The van der Waals surface area contributed by atoms with Gasteiger partial charge in [-0.15, -0.1) is 0 Å². The van der Waals surface area contributed by atoms with E-state index >= 15 is 0 Å². The van der Waals surface area contributed by atoms with Gasteiger partial charge >= 0.3 is 0 Å². The van der Waals surface area contributed by atoms with Crippen LogP contribution in [0.4, 0.5) is 0 Å². The van der Waals surface area contributed by atoms with Gasteiger partial charge in [-0.05, 0) is 29.8 Å². The highest BCUT2D eigenvalue weighted by molar-refractivity contribution is 5.95. The summed E-state index contributed by atoms with van der Waals surface area (Å²) in [4.78, 5) is 12.1. The third-order valence-electron chi connectivity index (χ3n) is 2.86. The number of nitrogens with zero attached hydrogens (tertiary/aromatic N) is 1. The molecule has 0 atom stereocenters. The number of hydrazone groups is 1.